The van der Waals surface area contributed by atoms with E-state index in [2.05, 4.69) is 68.6 Å². The number of primary amides is 1. The molecule has 0 fully saturated rings. The highest BCUT2D eigenvalue weighted by Crippen LogP contribution is 2.23. The van der Waals surface area contributed by atoms with Crippen molar-refractivity contribution in [2.45, 2.75) is 40.7 Å². The van der Waals surface area contributed by atoms with Crippen molar-refractivity contribution in [2.24, 2.45) is 5.73 Å². The standard InChI is InChI=1S/C17H21N.C8H9NO/c1-4-15-10-13(2)17(14(3)11-15)18-12-16-8-6-5-7-9-16;1-6-2-4-7(5-3-6)8(9)10/h5-11,18H,4,12H2,1-3H3;2-5H,1H3,(H2,9,10). The van der Waals surface area contributed by atoms with Crippen molar-refractivity contribution in [1.29, 1.82) is 0 Å². The molecule has 0 spiro atoms. The van der Waals surface area contributed by atoms with Gasteiger partial charge in [-0.15, -0.1) is 0 Å². The molecule has 3 rings (SSSR count). The lowest BCUT2D eigenvalue weighted by atomic mass is 10.0. The summed E-state index contributed by atoms with van der Waals surface area (Å²) in [4.78, 5) is 10.5. The minimum absolute atomic E-state index is 0.375. The minimum atomic E-state index is -0.375. The van der Waals surface area contributed by atoms with Crippen LogP contribution in [-0.4, -0.2) is 5.91 Å². The molecule has 0 aromatic heterocycles. The largest absolute Gasteiger partial charge is 0.381 e. The summed E-state index contributed by atoms with van der Waals surface area (Å²) in [6.45, 7) is 9.41. The third-order valence-corrected chi connectivity index (χ3v) is 4.65. The Morgan fingerprint density at radius 3 is 1.93 bits per heavy atom. The molecule has 3 aromatic rings. The first-order valence-electron chi connectivity index (χ1n) is 9.65. The Hall–Kier alpha value is -3.07. The molecule has 1 amide bonds. The monoisotopic (exact) mass is 374 g/mol. The van der Waals surface area contributed by atoms with Gasteiger partial charge in [-0.2, -0.15) is 0 Å². The van der Waals surface area contributed by atoms with Crippen LogP contribution in [0.15, 0.2) is 66.7 Å². The Balaban J connectivity index is 0.000000237. The Bertz CT molecular complexity index is 877. The van der Waals surface area contributed by atoms with Crippen molar-refractivity contribution >= 4 is 11.6 Å². The van der Waals surface area contributed by atoms with Gasteiger partial charge in [0.15, 0.2) is 0 Å². The average molecular weight is 375 g/mol. The molecule has 0 unspecified atom stereocenters. The predicted octanol–water partition coefficient (Wildman–Crippen LogP) is 5.57. The van der Waals surface area contributed by atoms with E-state index >= 15 is 0 Å². The number of carbonyl (C=O) groups is 1. The van der Waals surface area contributed by atoms with Crippen LogP contribution in [-0.2, 0) is 13.0 Å². The highest BCUT2D eigenvalue weighted by molar-refractivity contribution is 5.92. The Labute approximate surface area is 168 Å². The van der Waals surface area contributed by atoms with E-state index in [1.54, 1.807) is 12.1 Å². The molecule has 3 aromatic carbocycles. The van der Waals surface area contributed by atoms with E-state index in [0.29, 0.717) is 5.56 Å². The van der Waals surface area contributed by atoms with E-state index in [0.717, 1.165) is 18.5 Å². The SMILES string of the molecule is CCc1cc(C)c(NCc2ccccc2)c(C)c1.Cc1ccc(C(N)=O)cc1. The van der Waals surface area contributed by atoms with Crippen LogP contribution in [0.25, 0.3) is 0 Å². The fourth-order valence-corrected chi connectivity index (χ4v) is 3.04. The van der Waals surface area contributed by atoms with E-state index in [4.69, 9.17) is 5.73 Å². The van der Waals surface area contributed by atoms with Gasteiger partial charge in [-0.05, 0) is 61.6 Å². The number of rotatable bonds is 5. The number of hydrogen-bond donors (Lipinski definition) is 2. The molecule has 3 nitrogen and oxygen atoms in total. The summed E-state index contributed by atoms with van der Waals surface area (Å²) in [6, 6.07) is 22.2. The number of aryl methyl sites for hydroxylation is 4. The normalized spacial score (nSPS) is 10.0. The van der Waals surface area contributed by atoms with Crippen LogP contribution in [0.5, 0.6) is 0 Å². The van der Waals surface area contributed by atoms with Crippen molar-refractivity contribution < 1.29 is 4.79 Å². The number of amides is 1. The predicted molar refractivity (Wildman–Crippen MR) is 119 cm³/mol. The van der Waals surface area contributed by atoms with Gasteiger partial charge < -0.3 is 11.1 Å². The molecule has 0 heterocycles. The van der Waals surface area contributed by atoms with Gasteiger partial charge in [-0.1, -0.05) is 67.1 Å². The van der Waals surface area contributed by atoms with Crippen molar-refractivity contribution in [3.63, 3.8) is 0 Å². The number of benzene rings is 3. The summed E-state index contributed by atoms with van der Waals surface area (Å²) >= 11 is 0. The van der Waals surface area contributed by atoms with Gasteiger partial charge in [-0.3, -0.25) is 4.79 Å². The number of hydrogen-bond acceptors (Lipinski definition) is 2. The smallest absolute Gasteiger partial charge is 0.248 e. The molecule has 0 aliphatic heterocycles. The first-order valence-corrected chi connectivity index (χ1v) is 9.65. The molecule has 3 N–H and O–H groups in total. The van der Waals surface area contributed by atoms with Gasteiger partial charge >= 0.3 is 0 Å². The summed E-state index contributed by atoms with van der Waals surface area (Å²) in [5.74, 6) is -0.375. The highest BCUT2D eigenvalue weighted by Gasteiger charge is 2.04. The van der Waals surface area contributed by atoms with Gasteiger partial charge in [0.2, 0.25) is 5.91 Å². The molecule has 146 valence electrons. The second-order valence-electron chi connectivity index (χ2n) is 7.03. The number of nitrogens with one attached hydrogen (secondary N) is 1. The fraction of sp³-hybridized carbons (Fsp3) is 0.240. The zero-order valence-electron chi connectivity index (χ0n) is 17.3. The molecular weight excluding hydrogens is 344 g/mol. The molecule has 0 saturated carbocycles. The molecule has 0 aliphatic rings. The first kappa shape index (κ1) is 21.2. The van der Waals surface area contributed by atoms with Crippen LogP contribution in [0.2, 0.25) is 0 Å². The molecule has 0 aliphatic carbocycles. The zero-order chi connectivity index (χ0) is 20.5. The number of nitrogens with two attached hydrogens (primary N) is 1. The van der Waals surface area contributed by atoms with E-state index in [1.807, 2.05) is 19.1 Å². The Morgan fingerprint density at radius 1 is 0.857 bits per heavy atom. The van der Waals surface area contributed by atoms with Crippen LogP contribution >= 0.6 is 0 Å². The average Bonchev–Trinajstić information content (AvgIpc) is 2.69. The summed E-state index contributed by atoms with van der Waals surface area (Å²) in [6.07, 6.45) is 1.10. The first-order chi connectivity index (χ1) is 13.4. The fourth-order valence-electron chi connectivity index (χ4n) is 3.04. The summed E-state index contributed by atoms with van der Waals surface area (Å²) in [5.41, 5.74) is 13.4. The summed E-state index contributed by atoms with van der Waals surface area (Å²) < 4.78 is 0. The van der Waals surface area contributed by atoms with E-state index in [-0.39, 0.29) is 5.91 Å². The summed E-state index contributed by atoms with van der Waals surface area (Å²) in [5, 5.41) is 3.55. The molecule has 3 heteroatoms. The van der Waals surface area contributed by atoms with Gasteiger partial charge in [-0.25, -0.2) is 0 Å². The Kier molecular flexibility index (Phi) is 7.82. The zero-order valence-corrected chi connectivity index (χ0v) is 17.3. The maximum atomic E-state index is 10.5. The van der Waals surface area contributed by atoms with E-state index < -0.39 is 0 Å². The molecule has 0 atom stereocenters. The van der Waals surface area contributed by atoms with Crippen molar-refractivity contribution in [2.75, 3.05) is 5.32 Å². The van der Waals surface area contributed by atoms with Crippen LogP contribution in [0.3, 0.4) is 0 Å². The van der Waals surface area contributed by atoms with Gasteiger partial charge in [0.1, 0.15) is 0 Å². The lowest BCUT2D eigenvalue weighted by Gasteiger charge is -2.14. The number of carbonyl (C=O) groups excluding carboxylic acids is 1. The van der Waals surface area contributed by atoms with Crippen LogP contribution in [0, 0.1) is 20.8 Å². The van der Waals surface area contributed by atoms with Crippen molar-refractivity contribution in [3.8, 4) is 0 Å². The minimum Gasteiger partial charge on any atom is -0.381 e. The third kappa shape index (κ3) is 6.27. The van der Waals surface area contributed by atoms with E-state index in [9.17, 15) is 4.79 Å². The molecular formula is C25H30N2O. The molecule has 0 bridgehead atoms. The maximum absolute atomic E-state index is 10.5. The summed E-state index contributed by atoms with van der Waals surface area (Å²) in [7, 11) is 0. The second-order valence-corrected chi connectivity index (χ2v) is 7.03. The maximum Gasteiger partial charge on any atom is 0.248 e. The molecule has 0 saturated heterocycles. The quantitative estimate of drug-likeness (QED) is 0.613. The third-order valence-electron chi connectivity index (χ3n) is 4.65. The topological polar surface area (TPSA) is 55.1 Å². The lowest BCUT2D eigenvalue weighted by Crippen LogP contribution is -2.10. The number of anilines is 1. The van der Waals surface area contributed by atoms with Crippen molar-refractivity contribution in [3.05, 3.63) is 100 Å². The highest BCUT2D eigenvalue weighted by atomic mass is 16.1. The lowest BCUT2D eigenvalue weighted by molar-refractivity contribution is 0.100. The van der Waals surface area contributed by atoms with E-state index in [1.165, 1.54) is 27.9 Å². The van der Waals surface area contributed by atoms with Gasteiger partial charge in [0.05, 0.1) is 0 Å². The van der Waals surface area contributed by atoms with Gasteiger partial charge in [0, 0.05) is 17.8 Å². The second kappa shape index (κ2) is 10.3. The van der Waals surface area contributed by atoms with Crippen molar-refractivity contribution in [1.82, 2.24) is 0 Å². The molecule has 28 heavy (non-hydrogen) atoms. The van der Waals surface area contributed by atoms with Crippen LogP contribution in [0.4, 0.5) is 5.69 Å². The Morgan fingerprint density at radius 2 is 1.43 bits per heavy atom. The van der Waals surface area contributed by atoms with Crippen LogP contribution in [0.1, 0.15) is 45.1 Å². The molecule has 0 radical (unpaired) electrons. The van der Waals surface area contributed by atoms with Gasteiger partial charge in [0.25, 0.3) is 0 Å². The van der Waals surface area contributed by atoms with Crippen LogP contribution < -0.4 is 11.1 Å².